The number of carbonyl (C=O) groups excluding carboxylic acids is 1. The van der Waals surface area contributed by atoms with E-state index in [1.807, 2.05) is 13.0 Å². The third-order valence-electron chi connectivity index (χ3n) is 2.56. The predicted octanol–water partition coefficient (Wildman–Crippen LogP) is 4.29. The number of amides is 1. The number of halogens is 3. The third kappa shape index (κ3) is 2.98. The van der Waals surface area contributed by atoms with Crippen LogP contribution in [0.15, 0.2) is 40.9 Å². The first-order chi connectivity index (χ1) is 8.99. The smallest absolute Gasteiger partial charge is 0.261 e. The Bertz CT molecular complexity index is 623. The zero-order chi connectivity index (χ0) is 14.0. The van der Waals surface area contributed by atoms with Crippen molar-refractivity contribution in [2.24, 2.45) is 0 Å². The Morgan fingerprint density at radius 1 is 1.16 bits per heavy atom. The Morgan fingerprint density at radius 3 is 2.42 bits per heavy atom. The van der Waals surface area contributed by atoms with Crippen LogP contribution >= 0.6 is 15.9 Å². The number of carbonyl (C=O) groups is 1. The van der Waals surface area contributed by atoms with Crippen LogP contribution in [0.3, 0.4) is 0 Å². The standard InChI is InChI=1S/C14H10BrF2NO/c1-8-5-6-9(15)12(7-8)18-14(19)13-10(16)3-2-4-11(13)17/h2-7H,1H3,(H,18,19). The van der Waals surface area contributed by atoms with Crippen LogP contribution in [-0.4, -0.2) is 5.91 Å². The van der Waals surface area contributed by atoms with Gasteiger partial charge in [-0.3, -0.25) is 4.79 Å². The van der Waals surface area contributed by atoms with Crippen molar-refractivity contribution in [1.82, 2.24) is 0 Å². The molecule has 0 heterocycles. The van der Waals surface area contributed by atoms with Gasteiger partial charge in [-0.2, -0.15) is 0 Å². The van der Waals surface area contributed by atoms with Crippen LogP contribution in [0.25, 0.3) is 0 Å². The molecular formula is C14H10BrF2NO. The maximum absolute atomic E-state index is 13.5. The van der Waals surface area contributed by atoms with Crippen molar-refractivity contribution in [2.75, 3.05) is 5.32 Å². The Morgan fingerprint density at radius 2 is 1.79 bits per heavy atom. The van der Waals surface area contributed by atoms with Gasteiger partial charge < -0.3 is 5.32 Å². The lowest BCUT2D eigenvalue weighted by Crippen LogP contribution is -2.16. The van der Waals surface area contributed by atoms with Gasteiger partial charge in [-0.25, -0.2) is 8.78 Å². The molecule has 1 amide bonds. The maximum Gasteiger partial charge on any atom is 0.261 e. The van der Waals surface area contributed by atoms with Crippen LogP contribution in [0.1, 0.15) is 15.9 Å². The highest BCUT2D eigenvalue weighted by Crippen LogP contribution is 2.24. The second-order valence-corrected chi connectivity index (χ2v) is 4.89. The quantitative estimate of drug-likeness (QED) is 0.876. The number of aryl methyl sites for hydroxylation is 1. The predicted molar refractivity (Wildman–Crippen MR) is 73.2 cm³/mol. The molecular weight excluding hydrogens is 316 g/mol. The van der Waals surface area contributed by atoms with E-state index in [1.165, 1.54) is 6.07 Å². The monoisotopic (exact) mass is 325 g/mol. The molecule has 0 saturated carbocycles. The van der Waals surface area contributed by atoms with Crippen LogP contribution in [0.5, 0.6) is 0 Å². The normalized spacial score (nSPS) is 10.3. The van der Waals surface area contributed by atoms with Gasteiger partial charge in [0, 0.05) is 4.47 Å². The van der Waals surface area contributed by atoms with E-state index in [0.717, 1.165) is 17.7 Å². The van der Waals surface area contributed by atoms with Gasteiger partial charge >= 0.3 is 0 Å². The summed E-state index contributed by atoms with van der Waals surface area (Å²) in [7, 11) is 0. The summed E-state index contributed by atoms with van der Waals surface area (Å²) in [5, 5.41) is 2.48. The summed E-state index contributed by atoms with van der Waals surface area (Å²) in [6.45, 7) is 1.85. The van der Waals surface area contributed by atoms with E-state index in [0.29, 0.717) is 10.2 Å². The highest BCUT2D eigenvalue weighted by molar-refractivity contribution is 9.10. The van der Waals surface area contributed by atoms with Crippen molar-refractivity contribution < 1.29 is 13.6 Å². The zero-order valence-corrected chi connectivity index (χ0v) is 11.6. The first-order valence-corrected chi connectivity index (χ1v) is 6.30. The number of anilines is 1. The van der Waals surface area contributed by atoms with Gasteiger partial charge in [0.1, 0.15) is 17.2 Å². The molecule has 0 bridgehead atoms. The van der Waals surface area contributed by atoms with Gasteiger partial charge in [0.05, 0.1) is 5.69 Å². The summed E-state index contributed by atoms with van der Waals surface area (Å²) in [5.74, 6) is -2.59. The van der Waals surface area contributed by atoms with E-state index in [-0.39, 0.29) is 0 Å². The minimum atomic E-state index is -0.888. The molecule has 0 aliphatic carbocycles. The van der Waals surface area contributed by atoms with Gasteiger partial charge in [0.25, 0.3) is 5.91 Å². The molecule has 0 saturated heterocycles. The number of rotatable bonds is 2. The molecule has 0 aromatic heterocycles. The molecule has 2 aromatic carbocycles. The number of nitrogens with one attached hydrogen (secondary N) is 1. The summed E-state index contributed by atoms with van der Waals surface area (Å²) >= 11 is 3.27. The van der Waals surface area contributed by atoms with Crippen LogP contribution in [0, 0.1) is 18.6 Å². The highest BCUT2D eigenvalue weighted by atomic mass is 79.9. The topological polar surface area (TPSA) is 29.1 Å². The fraction of sp³-hybridized carbons (Fsp3) is 0.0714. The van der Waals surface area contributed by atoms with Crippen molar-refractivity contribution in [1.29, 1.82) is 0 Å². The van der Waals surface area contributed by atoms with Crippen molar-refractivity contribution in [3.63, 3.8) is 0 Å². The van der Waals surface area contributed by atoms with Gasteiger partial charge in [0.15, 0.2) is 0 Å². The number of hydrogen-bond acceptors (Lipinski definition) is 1. The number of benzene rings is 2. The average Bonchev–Trinajstić information content (AvgIpc) is 2.33. The Labute approximate surface area is 117 Å². The van der Waals surface area contributed by atoms with Crippen molar-refractivity contribution in [2.45, 2.75) is 6.92 Å². The zero-order valence-electron chi connectivity index (χ0n) is 10.0. The highest BCUT2D eigenvalue weighted by Gasteiger charge is 2.17. The Balaban J connectivity index is 2.34. The van der Waals surface area contributed by atoms with Crippen molar-refractivity contribution in [3.8, 4) is 0 Å². The van der Waals surface area contributed by atoms with Gasteiger partial charge in [-0.05, 0) is 52.7 Å². The van der Waals surface area contributed by atoms with Crippen LogP contribution < -0.4 is 5.32 Å². The number of hydrogen-bond donors (Lipinski definition) is 1. The molecule has 19 heavy (non-hydrogen) atoms. The molecule has 5 heteroatoms. The lowest BCUT2D eigenvalue weighted by atomic mass is 10.1. The van der Waals surface area contributed by atoms with Crippen LogP contribution in [0.4, 0.5) is 14.5 Å². The summed E-state index contributed by atoms with van der Waals surface area (Å²) in [6.07, 6.45) is 0. The molecule has 2 rings (SSSR count). The van der Waals surface area contributed by atoms with Gasteiger partial charge in [-0.1, -0.05) is 12.1 Å². The fourth-order valence-electron chi connectivity index (χ4n) is 1.63. The summed E-state index contributed by atoms with van der Waals surface area (Å²) < 4.78 is 27.6. The first kappa shape index (κ1) is 13.7. The Kier molecular flexibility index (Phi) is 3.95. The lowest BCUT2D eigenvalue weighted by molar-refractivity contribution is 0.101. The molecule has 0 unspecified atom stereocenters. The van der Waals surface area contributed by atoms with Crippen LogP contribution in [-0.2, 0) is 0 Å². The maximum atomic E-state index is 13.5. The largest absolute Gasteiger partial charge is 0.321 e. The second kappa shape index (κ2) is 5.48. The van der Waals surface area contributed by atoms with Gasteiger partial charge in [0.2, 0.25) is 0 Å². The van der Waals surface area contributed by atoms with Gasteiger partial charge in [-0.15, -0.1) is 0 Å². The molecule has 98 valence electrons. The Hall–Kier alpha value is -1.75. The second-order valence-electron chi connectivity index (χ2n) is 4.03. The van der Waals surface area contributed by atoms with Crippen LogP contribution in [0.2, 0.25) is 0 Å². The molecule has 1 N–H and O–H groups in total. The molecule has 0 aliphatic heterocycles. The van der Waals surface area contributed by atoms with Crippen molar-refractivity contribution >= 4 is 27.5 Å². The fourth-order valence-corrected chi connectivity index (χ4v) is 1.98. The molecule has 0 spiro atoms. The van der Waals surface area contributed by atoms with E-state index in [9.17, 15) is 13.6 Å². The van der Waals surface area contributed by atoms with E-state index in [4.69, 9.17) is 0 Å². The molecule has 2 aromatic rings. The van der Waals surface area contributed by atoms with E-state index >= 15 is 0 Å². The SMILES string of the molecule is Cc1ccc(Br)c(NC(=O)c2c(F)cccc2F)c1. The van der Waals surface area contributed by atoms with E-state index in [2.05, 4.69) is 21.2 Å². The summed E-state index contributed by atoms with van der Waals surface area (Å²) in [6, 6.07) is 8.61. The van der Waals surface area contributed by atoms with E-state index < -0.39 is 23.1 Å². The summed E-state index contributed by atoms with van der Waals surface area (Å²) in [5.41, 5.74) is 0.802. The molecule has 0 aliphatic rings. The lowest BCUT2D eigenvalue weighted by Gasteiger charge is -2.09. The molecule has 2 nitrogen and oxygen atoms in total. The van der Waals surface area contributed by atoms with Crippen molar-refractivity contribution in [3.05, 3.63) is 63.6 Å². The summed E-state index contributed by atoms with van der Waals surface area (Å²) in [4.78, 5) is 11.9. The molecule has 0 radical (unpaired) electrons. The van der Waals surface area contributed by atoms with E-state index in [1.54, 1.807) is 12.1 Å². The molecule has 0 fully saturated rings. The minimum Gasteiger partial charge on any atom is -0.321 e. The third-order valence-corrected chi connectivity index (χ3v) is 3.25. The average molecular weight is 326 g/mol. The minimum absolute atomic E-state index is 0.465. The molecule has 0 atom stereocenters. The first-order valence-electron chi connectivity index (χ1n) is 5.50.